The molecule has 0 saturated heterocycles. The van der Waals surface area contributed by atoms with Gasteiger partial charge in [0.25, 0.3) is 0 Å². The third kappa shape index (κ3) is 2.70. The molecule has 0 unspecified atom stereocenters. The predicted molar refractivity (Wildman–Crippen MR) is 79.4 cm³/mol. The molecule has 0 aliphatic rings. The predicted octanol–water partition coefficient (Wildman–Crippen LogP) is 3.60. The maximum Gasteiger partial charge on any atom is 0.127 e. The first kappa shape index (κ1) is 13.4. The molecule has 0 aliphatic heterocycles. The molecule has 0 radical (unpaired) electrons. The molecule has 0 amide bonds. The van der Waals surface area contributed by atoms with Crippen LogP contribution in [0.15, 0.2) is 30.6 Å². The Balaban J connectivity index is 2.29. The van der Waals surface area contributed by atoms with E-state index >= 15 is 0 Å². The Morgan fingerprint density at radius 2 is 2.22 bits per heavy atom. The van der Waals surface area contributed by atoms with Crippen LogP contribution in [0.5, 0.6) is 0 Å². The molecule has 96 valence electrons. The number of hydrogen-bond acceptors (Lipinski definition) is 2. The van der Waals surface area contributed by atoms with Gasteiger partial charge in [-0.25, -0.2) is 4.98 Å². The fraction of sp³-hybridized carbons (Fsp3) is 0.308. The summed E-state index contributed by atoms with van der Waals surface area (Å²) in [5.74, 6) is 1.01. The van der Waals surface area contributed by atoms with Crippen molar-refractivity contribution in [3.63, 3.8) is 0 Å². The van der Waals surface area contributed by atoms with Crippen LogP contribution in [-0.4, -0.2) is 16.6 Å². The van der Waals surface area contributed by atoms with Crippen molar-refractivity contribution in [2.24, 2.45) is 7.05 Å². The van der Waals surface area contributed by atoms with Crippen LogP contribution < -0.4 is 4.90 Å². The lowest BCUT2D eigenvalue weighted by Crippen LogP contribution is -2.20. The van der Waals surface area contributed by atoms with Crippen molar-refractivity contribution in [3.05, 3.63) is 47.0 Å². The first-order chi connectivity index (χ1) is 8.63. The number of benzene rings is 1. The van der Waals surface area contributed by atoms with Crippen LogP contribution in [0.4, 0.5) is 5.69 Å². The summed E-state index contributed by atoms with van der Waals surface area (Å²) in [5.41, 5.74) is 2.23. The highest BCUT2D eigenvalue weighted by Gasteiger charge is 2.12. The summed E-state index contributed by atoms with van der Waals surface area (Å²) >= 11 is 9.79. The average Bonchev–Trinajstić information content (AvgIpc) is 2.74. The number of rotatable bonds is 4. The summed E-state index contributed by atoms with van der Waals surface area (Å²) in [6.07, 6.45) is 3.75. The second kappa shape index (κ2) is 5.76. The monoisotopic (exact) mass is 327 g/mol. The zero-order chi connectivity index (χ0) is 13.1. The maximum atomic E-state index is 6.29. The van der Waals surface area contributed by atoms with Gasteiger partial charge in [0.05, 0.1) is 17.3 Å². The first-order valence-electron chi connectivity index (χ1n) is 5.64. The fourth-order valence-corrected chi connectivity index (χ4v) is 2.73. The number of hydrogen-bond donors (Lipinski definition) is 0. The SMILES string of the molecule is CN(Cc1nccn1C)c1c(Cl)cccc1CBr. The Morgan fingerprint density at radius 1 is 1.44 bits per heavy atom. The smallest absolute Gasteiger partial charge is 0.127 e. The van der Waals surface area contributed by atoms with E-state index in [2.05, 4.69) is 31.9 Å². The quantitative estimate of drug-likeness (QED) is 0.800. The topological polar surface area (TPSA) is 21.1 Å². The van der Waals surface area contributed by atoms with Gasteiger partial charge in [-0.2, -0.15) is 0 Å². The Bertz CT molecular complexity index is 539. The molecular weight excluding hydrogens is 314 g/mol. The number of aryl methyl sites for hydroxylation is 1. The normalized spacial score (nSPS) is 10.7. The molecule has 3 nitrogen and oxygen atoms in total. The minimum atomic E-state index is 0.729. The van der Waals surface area contributed by atoms with E-state index in [0.717, 1.165) is 28.4 Å². The van der Waals surface area contributed by atoms with Gasteiger partial charge in [0.2, 0.25) is 0 Å². The average molecular weight is 329 g/mol. The van der Waals surface area contributed by atoms with Gasteiger partial charge in [-0.1, -0.05) is 39.7 Å². The second-order valence-electron chi connectivity index (χ2n) is 4.19. The minimum Gasteiger partial charge on any atom is -0.366 e. The number of halogens is 2. The number of alkyl halides is 1. The lowest BCUT2D eigenvalue weighted by Gasteiger charge is -2.23. The molecule has 1 aromatic heterocycles. The first-order valence-corrected chi connectivity index (χ1v) is 7.14. The van der Waals surface area contributed by atoms with E-state index in [1.54, 1.807) is 6.20 Å². The van der Waals surface area contributed by atoms with E-state index in [0.29, 0.717) is 0 Å². The minimum absolute atomic E-state index is 0.729. The van der Waals surface area contributed by atoms with Gasteiger partial charge in [-0.15, -0.1) is 0 Å². The fourth-order valence-electron chi connectivity index (χ4n) is 1.94. The summed E-state index contributed by atoms with van der Waals surface area (Å²) in [5, 5.41) is 1.55. The standard InChI is InChI=1S/C13H15BrClN3/c1-17-7-6-16-12(17)9-18(2)13-10(8-14)4-3-5-11(13)15/h3-7H,8-9H2,1-2H3. The van der Waals surface area contributed by atoms with E-state index in [4.69, 9.17) is 11.6 Å². The van der Waals surface area contributed by atoms with Crippen LogP contribution in [0.25, 0.3) is 0 Å². The molecule has 2 rings (SSSR count). The van der Waals surface area contributed by atoms with Crippen LogP contribution in [0.2, 0.25) is 5.02 Å². The lowest BCUT2D eigenvalue weighted by atomic mass is 10.2. The van der Waals surface area contributed by atoms with Crippen molar-refractivity contribution in [1.29, 1.82) is 0 Å². The summed E-state index contributed by atoms with van der Waals surface area (Å²) in [7, 11) is 4.02. The van der Waals surface area contributed by atoms with Crippen LogP contribution in [0.1, 0.15) is 11.4 Å². The number of para-hydroxylation sites is 1. The van der Waals surface area contributed by atoms with E-state index in [1.165, 1.54) is 5.56 Å². The molecule has 1 aromatic carbocycles. The zero-order valence-electron chi connectivity index (χ0n) is 10.4. The van der Waals surface area contributed by atoms with Gasteiger partial charge >= 0.3 is 0 Å². The van der Waals surface area contributed by atoms with Crippen LogP contribution in [-0.2, 0) is 18.9 Å². The molecule has 0 N–H and O–H groups in total. The molecule has 2 aromatic rings. The highest BCUT2D eigenvalue weighted by atomic mass is 79.9. The van der Waals surface area contributed by atoms with E-state index in [-0.39, 0.29) is 0 Å². The number of anilines is 1. The second-order valence-corrected chi connectivity index (χ2v) is 5.16. The molecule has 0 atom stereocenters. The molecule has 0 aliphatic carbocycles. The van der Waals surface area contributed by atoms with E-state index < -0.39 is 0 Å². The largest absolute Gasteiger partial charge is 0.366 e. The number of nitrogens with zero attached hydrogens (tertiary/aromatic N) is 3. The molecule has 0 saturated carbocycles. The van der Waals surface area contributed by atoms with Crippen LogP contribution >= 0.6 is 27.5 Å². The summed E-state index contributed by atoms with van der Waals surface area (Å²) in [4.78, 5) is 6.46. The molecule has 1 heterocycles. The van der Waals surface area contributed by atoms with Gasteiger partial charge in [0.1, 0.15) is 5.82 Å². The Hall–Kier alpha value is -1.000. The summed E-state index contributed by atoms with van der Waals surface area (Å²) in [6.45, 7) is 0.729. The van der Waals surface area contributed by atoms with E-state index in [1.807, 2.05) is 37.0 Å². The molecule has 0 spiro atoms. The van der Waals surface area contributed by atoms with Crippen molar-refractivity contribution >= 4 is 33.2 Å². The maximum absolute atomic E-state index is 6.29. The Labute approximate surface area is 121 Å². The molecule has 0 fully saturated rings. The third-order valence-corrected chi connectivity index (χ3v) is 3.80. The number of aromatic nitrogens is 2. The lowest BCUT2D eigenvalue weighted by molar-refractivity contribution is 0.760. The molecule has 5 heteroatoms. The number of imidazole rings is 1. The summed E-state index contributed by atoms with van der Waals surface area (Å²) in [6, 6.07) is 5.96. The van der Waals surface area contributed by atoms with E-state index in [9.17, 15) is 0 Å². The Morgan fingerprint density at radius 3 is 2.83 bits per heavy atom. The molecular formula is C13H15BrClN3. The highest BCUT2D eigenvalue weighted by molar-refractivity contribution is 9.08. The molecule has 0 bridgehead atoms. The van der Waals surface area contributed by atoms with Gasteiger partial charge in [-0.05, 0) is 11.6 Å². The van der Waals surface area contributed by atoms with Crippen molar-refractivity contribution in [1.82, 2.24) is 9.55 Å². The van der Waals surface area contributed by atoms with Crippen molar-refractivity contribution < 1.29 is 0 Å². The third-order valence-electron chi connectivity index (χ3n) is 2.90. The highest BCUT2D eigenvalue weighted by Crippen LogP contribution is 2.31. The van der Waals surface area contributed by atoms with Crippen LogP contribution in [0.3, 0.4) is 0 Å². The zero-order valence-corrected chi connectivity index (χ0v) is 12.7. The van der Waals surface area contributed by atoms with Crippen molar-refractivity contribution in [2.45, 2.75) is 11.9 Å². The van der Waals surface area contributed by atoms with Gasteiger partial charge < -0.3 is 9.47 Å². The van der Waals surface area contributed by atoms with Gasteiger partial charge in [0, 0.05) is 31.8 Å². The summed E-state index contributed by atoms with van der Waals surface area (Å²) < 4.78 is 2.02. The Kier molecular flexibility index (Phi) is 4.30. The molecule has 18 heavy (non-hydrogen) atoms. The van der Waals surface area contributed by atoms with Crippen molar-refractivity contribution in [2.75, 3.05) is 11.9 Å². The van der Waals surface area contributed by atoms with Gasteiger partial charge in [-0.3, -0.25) is 0 Å². The van der Waals surface area contributed by atoms with Gasteiger partial charge in [0.15, 0.2) is 0 Å². The van der Waals surface area contributed by atoms with Crippen LogP contribution in [0, 0.1) is 0 Å². The van der Waals surface area contributed by atoms with Crippen molar-refractivity contribution in [3.8, 4) is 0 Å².